The van der Waals surface area contributed by atoms with Crippen molar-refractivity contribution in [2.45, 2.75) is 116 Å². The first-order valence-electron chi connectivity index (χ1n) is 15.4. The Morgan fingerprint density at radius 3 is 1.68 bits per heavy atom. The standard InChI is InChI=1S/C31H58NO5P/c1-5-6-7-8-9-10-11-12-13-14-15-16-17-18-19-22-27-35-31-24-21-20-23-30(31)25-28-36-38(33,34)37-29-26-32(2,3)4/h20-21,23-24H,5-19,22,25-29H2,1-4H3/p+1. The summed E-state index contributed by atoms with van der Waals surface area (Å²) in [5.74, 6) is 0.829. The van der Waals surface area contributed by atoms with Crippen LogP contribution in [0.25, 0.3) is 0 Å². The van der Waals surface area contributed by atoms with Crippen LogP contribution >= 0.6 is 7.82 Å². The van der Waals surface area contributed by atoms with E-state index in [0.29, 0.717) is 24.1 Å². The fourth-order valence-corrected chi connectivity index (χ4v) is 5.13. The minimum absolute atomic E-state index is 0.109. The predicted octanol–water partition coefficient (Wildman–Crippen LogP) is 8.71. The minimum atomic E-state index is -4.04. The summed E-state index contributed by atoms with van der Waals surface area (Å²) in [7, 11) is 1.97. The van der Waals surface area contributed by atoms with E-state index in [2.05, 4.69) is 6.92 Å². The lowest BCUT2D eigenvalue weighted by Gasteiger charge is -2.24. The van der Waals surface area contributed by atoms with Crippen LogP contribution in [0.5, 0.6) is 5.75 Å². The van der Waals surface area contributed by atoms with Gasteiger partial charge in [-0.05, 0) is 18.1 Å². The van der Waals surface area contributed by atoms with Gasteiger partial charge < -0.3 is 14.1 Å². The predicted molar refractivity (Wildman–Crippen MR) is 160 cm³/mol. The van der Waals surface area contributed by atoms with Crippen molar-refractivity contribution < 1.29 is 27.7 Å². The lowest BCUT2D eigenvalue weighted by Crippen LogP contribution is -2.37. The summed E-state index contributed by atoms with van der Waals surface area (Å²) < 4.78 is 29.0. The molecule has 0 amide bonds. The van der Waals surface area contributed by atoms with Gasteiger partial charge in [-0.2, -0.15) is 0 Å². The second-order valence-corrected chi connectivity index (χ2v) is 13.1. The third-order valence-corrected chi connectivity index (χ3v) is 7.89. The average molecular weight is 557 g/mol. The van der Waals surface area contributed by atoms with E-state index >= 15 is 0 Å². The summed E-state index contributed by atoms with van der Waals surface area (Å²) in [6.45, 7) is 3.89. The molecular weight excluding hydrogens is 497 g/mol. The van der Waals surface area contributed by atoms with Crippen LogP contribution in [0, 0.1) is 0 Å². The number of rotatable bonds is 26. The Labute approximate surface area is 234 Å². The second-order valence-electron chi connectivity index (χ2n) is 11.7. The number of para-hydroxylation sites is 1. The van der Waals surface area contributed by atoms with Gasteiger partial charge in [-0.3, -0.25) is 9.05 Å². The van der Waals surface area contributed by atoms with Gasteiger partial charge in [-0.1, -0.05) is 121 Å². The molecule has 1 aromatic carbocycles. The Morgan fingerprint density at radius 2 is 1.16 bits per heavy atom. The Morgan fingerprint density at radius 1 is 0.684 bits per heavy atom. The Kier molecular flexibility index (Phi) is 20.2. The maximum Gasteiger partial charge on any atom is 0.472 e. The summed E-state index contributed by atoms with van der Waals surface area (Å²) in [6, 6.07) is 7.84. The van der Waals surface area contributed by atoms with Gasteiger partial charge in [0.1, 0.15) is 18.9 Å². The molecule has 1 unspecified atom stereocenters. The molecule has 6 nitrogen and oxygen atoms in total. The zero-order valence-corrected chi connectivity index (χ0v) is 26.0. The van der Waals surface area contributed by atoms with E-state index in [0.717, 1.165) is 17.7 Å². The zero-order chi connectivity index (χ0) is 28.0. The summed E-state index contributed by atoms with van der Waals surface area (Å²) >= 11 is 0. The molecule has 7 heteroatoms. The molecule has 1 atom stereocenters. The number of unbranched alkanes of at least 4 members (excludes halogenated alkanes) is 15. The Bertz CT molecular complexity index is 737. The van der Waals surface area contributed by atoms with Crippen molar-refractivity contribution >= 4 is 7.82 Å². The zero-order valence-electron chi connectivity index (χ0n) is 25.1. The molecule has 0 aliphatic heterocycles. The highest BCUT2D eigenvalue weighted by molar-refractivity contribution is 7.47. The second kappa shape index (κ2) is 21.9. The van der Waals surface area contributed by atoms with Crippen molar-refractivity contribution in [3.8, 4) is 5.75 Å². The molecule has 0 fully saturated rings. The number of benzene rings is 1. The topological polar surface area (TPSA) is 65.0 Å². The largest absolute Gasteiger partial charge is 0.493 e. The van der Waals surface area contributed by atoms with Gasteiger partial charge in [0.15, 0.2) is 0 Å². The van der Waals surface area contributed by atoms with Crippen LogP contribution in [0.2, 0.25) is 0 Å². The van der Waals surface area contributed by atoms with Crippen molar-refractivity contribution in [2.24, 2.45) is 0 Å². The van der Waals surface area contributed by atoms with E-state index in [1.54, 1.807) is 0 Å². The average Bonchev–Trinajstić information content (AvgIpc) is 2.85. The Balaban J connectivity index is 2.04. The van der Waals surface area contributed by atoms with Crippen LogP contribution in [-0.2, 0) is 20.0 Å². The van der Waals surface area contributed by atoms with Crippen LogP contribution in [0.15, 0.2) is 24.3 Å². The van der Waals surface area contributed by atoms with Crippen molar-refractivity contribution in [1.29, 1.82) is 0 Å². The fourth-order valence-electron chi connectivity index (χ4n) is 4.42. The van der Waals surface area contributed by atoms with E-state index in [4.69, 9.17) is 13.8 Å². The first kappa shape index (κ1) is 35.1. The molecule has 1 aromatic rings. The van der Waals surface area contributed by atoms with Gasteiger partial charge in [0.25, 0.3) is 0 Å². The number of phosphoric ester groups is 1. The van der Waals surface area contributed by atoms with Gasteiger partial charge in [0.05, 0.1) is 34.4 Å². The summed E-state index contributed by atoms with van der Waals surface area (Å²) in [6.07, 6.45) is 22.2. The number of quaternary nitrogens is 1. The highest BCUT2D eigenvalue weighted by atomic mass is 31.2. The molecule has 0 radical (unpaired) electrons. The van der Waals surface area contributed by atoms with E-state index in [-0.39, 0.29) is 13.2 Å². The van der Waals surface area contributed by atoms with Gasteiger partial charge in [-0.25, -0.2) is 4.57 Å². The number of ether oxygens (including phenoxy) is 1. The highest BCUT2D eigenvalue weighted by Gasteiger charge is 2.22. The summed E-state index contributed by atoms with van der Waals surface area (Å²) in [5, 5.41) is 0. The maximum absolute atomic E-state index is 12.1. The number of hydrogen-bond donors (Lipinski definition) is 1. The molecule has 0 bridgehead atoms. The molecule has 0 aromatic heterocycles. The van der Waals surface area contributed by atoms with Gasteiger partial charge in [0, 0.05) is 6.42 Å². The van der Waals surface area contributed by atoms with E-state index in [1.807, 2.05) is 45.4 Å². The molecule has 0 spiro atoms. The molecule has 0 heterocycles. The van der Waals surface area contributed by atoms with E-state index in [9.17, 15) is 9.46 Å². The van der Waals surface area contributed by atoms with E-state index in [1.165, 1.54) is 96.3 Å². The normalized spacial score (nSPS) is 13.5. The van der Waals surface area contributed by atoms with Gasteiger partial charge in [0.2, 0.25) is 0 Å². The summed E-state index contributed by atoms with van der Waals surface area (Å²) in [4.78, 5) is 9.90. The first-order chi connectivity index (χ1) is 18.2. The van der Waals surface area contributed by atoms with Crippen LogP contribution < -0.4 is 4.74 Å². The SMILES string of the molecule is CCCCCCCCCCCCCCCCCCOc1ccccc1CCOP(=O)(O)OCC[N+](C)(C)C. The lowest BCUT2D eigenvalue weighted by atomic mass is 10.0. The molecule has 1 N–H and O–H groups in total. The van der Waals surface area contributed by atoms with Crippen LogP contribution in [0.4, 0.5) is 0 Å². The minimum Gasteiger partial charge on any atom is -0.493 e. The molecule has 1 rings (SSSR count). The van der Waals surface area contributed by atoms with Crippen LogP contribution in [0.1, 0.15) is 115 Å². The molecule has 222 valence electrons. The number of hydrogen-bond acceptors (Lipinski definition) is 4. The van der Waals surface area contributed by atoms with Crippen molar-refractivity contribution in [3.05, 3.63) is 29.8 Å². The number of likely N-dealkylation sites (N-methyl/N-ethyl adjacent to an activating group) is 1. The fraction of sp³-hybridized carbons (Fsp3) is 0.806. The molecule has 0 aliphatic rings. The van der Waals surface area contributed by atoms with E-state index < -0.39 is 7.82 Å². The van der Waals surface area contributed by atoms with Gasteiger partial charge in [-0.15, -0.1) is 0 Å². The monoisotopic (exact) mass is 556 g/mol. The first-order valence-corrected chi connectivity index (χ1v) is 16.9. The molecule has 0 saturated heterocycles. The molecule has 0 aliphatic carbocycles. The highest BCUT2D eigenvalue weighted by Crippen LogP contribution is 2.43. The number of phosphoric acid groups is 1. The number of nitrogens with zero attached hydrogens (tertiary/aromatic N) is 1. The molecule has 38 heavy (non-hydrogen) atoms. The Hall–Kier alpha value is -0.910. The third-order valence-electron chi connectivity index (χ3n) is 6.87. The molecule has 0 saturated carbocycles. The smallest absolute Gasteiger partial charge is 0.472 e. The lowest BCUT2D eigenvalue weighted by molar-refractivity contribution is -0.870. The molecular formula is C31H59NO5P+. The van der Waals surface area contributed by atoms with Gasteiger partial charge >= 0.3 is 7.82 Å². The quantitative estimate of drug-likeness (QED) is 0.0702. The van der Waals surface area contributed by atoms with Crippen LogP contribution in [0.3, 0.4) is 0 Å². The third kappa shape index (κ3) is 21.0. The van der Waals surface area contributed by atoms with Crippen molar-refractivity contribution in [3.63, 3.8) is 0 Å². The maximum atomic E-state index is 12.1. The van der Waals surface area contributed by atoms with Crippen molar-refractivity contribution in [1.82, 2.24) is 0 Å². The van der Waals surface area contributed by atoms with Crippen molar-refractivity contribution in [2.75, 3.05) is 47.5 Å². The summed E-state index contributed by atoms with van der Waals surface area (Å²) in [5.41, 5.74) is 0.982. The van der Waals surface area contributed by atoms with Crippen LogP contribution in [-0.4, -0.2) is 56.9 Å².